The quantitative estimate of drug-likeness (QED) is 0.599. The smallest absolute Gasteiger partial charge is 0.0780 e. The third-order valence-electron chi connectivity index (χ3n) is 3.83. The van der Waals surface area contributed by atoms with Crippen molar-refractivity contribution < 1.29 is 0 Å². The molecule has 0 fully saturated rings. The van der Waals surface area contributed by atoms with Crippen molar-refractivity contribution >= 4 is 17.0 Å². The molecule has 0 unspecified atom stereocenters. The van der Waals surface area contributed by atoms with E-state index >= 15 is 0 Å². The molecule has 0 radical (unpaired) electrons. The van der Waals surface area contributed by atoms with Crippen LogP contribution in [0.3, 0.4) is 0 Å². The first-order valence-electron chi connectivity index (χ1n) is 7.30. The van der Waals surface area contributed by atoms with Crippen molar-refractivity contribution in [3.8, 4) is 11.1 Å². The lowest BCUT2D eigenvalue weighted by Crippen LogP contribution is -1.92. The van der Waals surface area contributed by atoms with Crippen LogP contribution in [0.15, 0.2) is 61.3 Å². The Hall–Kier alpha value is -2.41. The van der Waals surface area contributed by atoms with Gasteiger partial charge in [-0.2, -0.15) is 0 Å². The molecule has 0 bridgehead atoms. The van der Waals surface area contributed by atoms with Gasteiger partial charge in [0.25, 0.3) is 0 Å². The maximum Gasteiger partial charge on any atom is 0.0780 e. The van der Waals surface area contributed by atoms with Crippen molar-refractivity contribution in [2.24, 2.45) is 0 Å². The lowest BCUT2D eigenvalue weighted by molar-refractivity contribution is 0.869. The Kier molecular flexibility index (Phi) is 3.57. The van der Waals surface area contributed by atoms with Crippen LogP contribution >= 0.6 is 0 Å². The van der Waals surface area contributed by atoms with Gasteiger partial charge in [-0.25, -0.2) is 0 Å². The third-order valence-corrected chi connectivity index (χ3v) is 3.83. The molecule has 21 heavy (non-hydrogen) atoms. The van der Waals surface area contributed by atoms with Crippen LogP contribution in [0.1, 0.15) is 30.9 Å². The lowest BCUT2D eigenvalue weighted by atomic mass is 9.93. The Labute approximate surface area is 126 Å². The monoisotopic (exact) mass is 273 g/mol. The molecule has 104 valence electrons. The predicted molar refractivity (Wildman–Crippen MR) is 91.4 cm³/mol. The molecule has 0 atom stereocenters. The lowest BCUT2D eigenvalue weighted by Gasteiger charge is -2.12. The molecule has 0 saturated heterocycles. The summed E-state index contributed by atoms with van der Waals surface area (Å²) in [5, 5.41) is 1.20. The van der Waals surface area contributed by atoms with Crippen molar-refractivity contribution in [3.63, 3.8) is 0 Å². The summed E-state index contributed by atoms with van der Waals surface area (Å²) in [7, 11) is 0. The molecule has 0 aliphatic carbocycles. The standard InChI is InChI=1S/C20H19N/c1-4-15-7-5-8-16(11-15)19-13-18(14(2)3)12-17-9-6-10-21-20(17)19/h4-14H,1H2,2-3H3. The van der Waals surface area contributed by atoms with Gasteiger partial charge in [-0.1, -0.05) is 50.8 Å². The first-order valence-corrected chi connectivity index (χ1v) is 7.30. The van der Waals surface area contributed by atoms with Crippen LogP contribution in [0.2, 0.25) is 0 Å². The highest BCUT2D eigenvalue weighted by Gasteiger charge is 2.09. The molecule has 3 rings (SSSR count). The second-order valence-corrected chi connectivity index (χ2v) is 5.63. The highest BCUT2D eigenvalue weighted by molar-refractivity contribution is 5.94. The van der Waals surface area contributed by atoms with Gasteiger partial charge in [0.15, 0.2) is 0 Å². The normalized spacial score (nSPS) is 11.0. The van der Waals surface area contributed by atoms with Crippen molar-refractivity contribution in [1.82, 2.24) is 4.98 Å². The van der Waals surface area contributed by atoms with Gasteiger partial charge < -0.3 is 0 Å². The second-order valence-electron chi connectivity index (χ2n) is 5.63. The van der Waals surface area contributed by atoms with Crippen molar-refractivity contribution in [3.05, 3.63) is 72.4 Å². The summed E-state index contributed by atoms with van der Waals surface area (Å²) >= 11 is 0. The van der Waals surface area contributed by atoms with Gasteiger partial charge in [-0.15, -0.1) is 0 Å². The van der Waals surface area contributed by atoms with Crippen LogP contribution in [-0.2, 0) is 0 Å². The molecule has 0 aliphatic heterocycles. The van der Waals surface area contributed by atoms with Gasteiger partial charge in [-0.05, 0) is 46.9 Å². The second kappa shape index (κ2) is 5.53. The zero-order valence-electron chi connectivity index (χ0n) is 12.5. The van der Waals surface area contributed by atoms with Crippen LogP contribution in [0.25, 0.3) is 28.1 Å². The molecule has 0 spiro atoms. The van der Waals surface area contributed by atoms with Gasteiger partial charge in [0.2, 0.25) is 0 Å². The van der Waals surface area contributed by atoms with E-state index in [0.717, 1.165) is 11.1 Å². The molecular formula is C20H19N. The molecule has 1 nitrogen and oxygen atoms in total. The fraction of sp³-hybridized carbons (Fsp3) is 0.150. The summed E-state index contributed by atoms with van der Waals surface area (Å²) < 4.78 is 0. The predicted octanol–water partition coefficient (Wildman–Crippen LogP) is 5.67. The summed E-state index contributed by atoms with van der Waals surface area (Å²) in [6.07, 6.45) is 3.74. The van der Waals surface area contributed by atoms with Crippen LogP contribution in [0.5, 0.6) is 0 Å². The van der Waals surface area contributed by atoms with Crippen LogP contribution in [0, 0.1) is 0 Å². The minimum Gasteiger partial charge on any atom is -0.256 e. The van der Waals surface area contributed by atoms with Gasteiger partial charge in [0, 0.05) is 17.1 Å². The van der Waals surface area contributed by atoms with E-state index in [-0.39, 0.29) is 0 Å². The van der Waals surface area contributed by atoms with E-state index in [9.17, 15) is 0 Å². The minimum absolute atomic E-state index is 0.496. The first kappa shape index (κ1) is 13.6. The van der Waals surface area contributed by atoms with Crippen LogP contribution in [-0.4, -0.2) is 4.98 Å². The topological polar surface area (TPSA) is 12.9 Å². The van der Waals surface area contributed by atoms with Crippen molar-refractivity contribution in [1.29, 1.82) is 0 Å². The zero-order chi connectivity index (χ0) is 14.8. The number of rotatable bonds is 3. The summed E-state index contributed by atoms with van der Waals surface area (Å²) in [6.45, 7) is 8.31. The summed E-state index contributed by atoms with van der Waals surface area (Å²) in [6, 6.07) is 17.1. The largest absolute Gasteiger partial charge is 0.256 e. The van der Waals surface area contributed by atoms with Gasteiger partial charge in [-0.3, -0.25) is 4.98 Å². The summed E-state index contributed by atoms with van der Waals surface area (Å²) in [5.74, 6) is 0.496. The molecule has 1 heteroatoms. The van der Waals surface area contributed by atoms with Gasteiger partial charge >= 0.3 is 0 Å². The number of hydrogen-bond acceptors (Lipinski definition) is 1. The minimum atomic E-state index is 0.496. The van der Waals surface area contributed by atoms with Crippen molar-refractivity contribution in [2.45, 2.75) is 19.8 Å². The summed E-state index contributed by atoms with van der Waals surface area (Å²) in [5.41, 5.74) is 5.92. The van der Waals surface area contributed by atoms with Gasteiger partial charge in [0.05, 0.1) is 5.52 Å². The number of hydrogen-bond donors (Lipinski definition) is 0. The Balaban J connectivity index is 2.31. The van der Waals surface area contributed by atoms with E-state index in [1.165, 1.54) is 22.1 Å². The van der Waals surface area contributed by atoms with Crippen LogP contribution in [0.4, 0.5) is 0 Å². The molecule has 0 saturated carbocycles. The highest BCUT2D eigenvalue weighted by atomic mass is 14.6. The maximum absolute atomic E-state index is 4.59. The number of fused-ring (bicyclic) bond motifs is 1. The molecule has 0 N–H and O–H groups in total. The Morgan fingerprint density at radius 3 is 2.67 bits per heavy atom. The molecule has 0 aliphatic rings. The van der Waals surface area contributed by atoms with E-state index in [2.05, 4.69) is 67.9 Å². The number of benzene rings is 2. The fourth-order valence-corrected chi connectivity index (χ4v) is 2.60. The molecular weight excluding hydrogens is 254 g/mol. The van der Waals surface area contributed by atoms with E-state index in [1.54, 1.807) is 0 Å². The average Bonchev–Trinajstić information content (AvgIpc) is 2.53. The molecule has 1 aromatic heterocycles. The maximum atomic E-state index is 4.59. The third kappa shape index (κ3) is 2.59. The fourth-order valence-electron chi connectivity index (χ4n) is 2.60. The highest BCUT2D eigenvalue weighted by Crippen LogP contribution is 2.31. The van der Waals surface area contributed by atoms with Crippen LogP contribution < -0.4 is 0 Å². The van der Waals surface area contributed by atoms with E-state index < -0.39 is 0 Å². The zero-order valence-corrected chi connectivity index (χ0v) is 12.5. The van der Waals surface area contributed by atoms with E-state index in [1.807, 2.05) is 18.3 Å². The average molecular weight is 273 g/mol. The summed E-state index contributed by atoms with van der Waals surface area (Å²) in [4.78, 5) is 4.59. The van der Waals surface area contributed by atoms with E-state index in [0.29, 0.717) is 5.92 Å². The molecule has 2 aromatic carbocycles. The van der Waals surface area contributed by atoms with E-state index in [4.69, 9.17) is 0 Å². The SMILES string of the molecule is C=Cc1cccc(-c2cc(C(C)C)cc3cccnc23)c1. The first-order chi connectivity index (χ1) is 10.2. The molecule has 1 heterocycles. The number of pyridine rings is 1. The van der Waals surface area contributed by atoms with Gasteiger partial charge in [0.1, 0.15) is 0 Å². The molecule has 3 aromatic rings. The Morgan fingerprint density at radius 2 is 1.90 bits per heavy atom. The molecule has 0 amide bonds. The Morgan fingerprint density at radius 1 is 1.05 bits per heavy atom. The number of nitrogens with zero attached hydrogens (tertiary/aromatic N) is 1. The van der Waals surface area contributed by atoms with Crippen molar-refractivity contribution in [2.75, 3.05) is 0 Å². The Bertz CT molecular complexity index is 800. The number of aromatic nitrogens is 1.